The van der Waals surface area contributed by atoms with Gasteiger partial charge in [0.15, 0.2) is 6.61 Å². The van der Waals surface area contributed by atoms with E-state index < -0.39 is 30.4 Å². The Morgan fingerprint density at radius 2 is 2.08 bits per heavy atom. The number of nitrogens with zero attached hydrogens (tertiary/aromatic N) is 1. The summed E-state index contributed by atoms with van der Waals surface area (Å²) in [5, 5.41) is 11.1. The Morgan fingerprint density at radius 1 is 1.35 bits per heavy atom. The lowest BCUT2D eigenvalue weighted by atomic mass is 10.2. The minimum Gasteiger partial charge on any atom is -0.481 e. The van der Waals surface area contributed by atoms with Gasteiger partial charge >= 0.3 is 18.0 Å². The second-order valence-corrected chi connectivity index (χ2v) is 6.22. The normalized spacial score (nSPS) is 15.2. The Bertz CT molecular complexity index is 791. The number of esters is 1. The molecule has 0 aromatic heterocycles. The number of nitrogens with one attached hydrogen (secondary N) is 1. The minimum atomic E-state index is -1.28. The van der Waals surface area contributed by atoms with Crippen molar-refractivity contribution in [1.29, 1.82) is 0 Å². The highest BCUT2D eigenvalue weighted by atomic mass is 127. The number of ether oxygens (including phenoxy) is 2. The first kappa shape index (κ1) is 19.7. The number of amides is 3. The molecule has 1 aromatic carbocycles. The lowest BCUT2D eigenvalue weighted by Crippen LogP contribution is -2.35. The summed E-state index contributed by atoms with van der Waals surface area (Å²) in [5.74, 6) is -2.01. The van der Waals surface area contributed by atoms with E-state index in [-0.39, 0.29) is 18.9 Å². The third-order valence-electron chi connectivity index (χ3n) is 3.17. The van der Waals surface area contributed by atoms with Crippen LogP contribution in [0.4, 0.5) is 4.79 Å². The molecule has 3 amide bonds. The van der Waals surface area contributed by atoms with E-state index in [2.05, 4.69) is 5.32 Å². The largest absolute Gasteiger partial charge is 0.481 e. The zero-order valence-electron chi connectivity index (χ0n) is 13.7. The number of hydrogen-bond acceptors (Lipinski definition) is 6. The lowest BCUT2D eigenvalue weighted by Gasteiger charge is -2.08. The summed E-state index contributed by atoms with van der Waals surface area (Å²) >= 11 is 2.00. The van der Waals surface area contributed by atoms with E-state index in [4.69, 9.17) is 14.6 Å². The second-order valence-electron chi connectivity index (χ2n) is 5.06. The number of carbonyl (C=O) groups is 4. The van der Waals surface area contributed by atoms with Crippen LogP contribution in [-0.4, -0.2) is 53.6 Å². The van der Waals surface area contributed by atoms with E-state index in [9.17, 15) is 19.2 Å². The van der Waals surface area contributed by atoms with Gasteiger partial charge in [-0.2, -0.15) is 0 Å². The number of aliphatic carboxylic acids is 1. The SMILES string of the molecule is CCOC(=O)COc1ccc(/C=C2/NC(=O)N(CC(=O)O)C2=O)cc1I. The van der Waals surface area contributed by atoms with Gasteiger partial charge in [0.1, 0.15) is 18.0 Å². The van der Waals surface area contributed by atoms with Crippen molar-refractivity contribution in [2.45, 2.75) is 6.92 Å². The summed E-state index contributed by atoms with van der Waals surface area (Å²) in [4.78, 5) is 46.4. The molecule has 2 rings (SSSR count). The standard InChI is InChI=1S/C16H15IN2O7/c1-2-25-14(22)8-26-12-4-3-9(5-10(12)17)6-11-15(23)19(7-13(20)21)16(24)18-11/h3-6H,2,7-8H2,1H3,(H,18,24)(H,20,21)/b11-6+. The molecule has 26 heavy (non-hydrogen) atoms. The van der Waals surface area contributed by atoms with Gasteiger partial charge in [-0.25, -0.2) is 14.5 Å². The van der Waals surface area contributed by atoms with Gasteiger partial charge in [0, 0.05) is 0 Å². The van der Waals surface area contributed by atoms with Gasteiger partial charge in [0.2, 0.25) is 0 Å². The first-order valence-corrected chi connectivity index (χ1v) is 8.54. The highest BCUT2D eigenvalue weighted by Gasteiger charge is 2.34. The summed E-state index contributed by atoms with van der Waals surface area (Å²) in [6, 6.07) is 4.15. The molecule has 138 valence electrons. The van der Waals surface area contributed by atoms with E-state index in [1.807, 2.05) is 22.6 Å². The summed E-state index contributed by atoms with van der Waals surface area (Å²) in [7, 11) is 0. The number of urea groups is 1. The molecule has 10 heteroatoms. The molecule has 0 saturated carbocycles. The Kier molecular flexibility index (Phi) is 6.55. The van der Waals surface area contributed by atoms with E-state index in [0.717, 1.165) is 0 Å². The lowest BCUT2D eigenvalue weighted by molar-refractivity contribution is -0.145. The number of hydrogen-bond donors (Lipinski definition) is 2. The van der Waals surface area contributed by atoms with Crippen LogP contribution in [0.1, 0.15) is 12.5 Å². The molecule has 0 atom stereocenters. The van der Waals surface area contributed by atoms with Gasteiger partial charge in [-0.05, 0) is 53.3 Å². The average molecular weight is 474 g/mol. The number of rotatable bonds is 7. The second kappa shape index (κ2) is 8.65. The van der Waals surface area contributed by atoms with E-state index in [1.165, 1.54) is 6.08 Å². The van der Waals surface area contributed by atoms with Crippen molar-refractivity contribution >= 4 is 52.5 Å². The third kappa shape index (κ3) is 4.94. The van der Waals surface area contributed by atoms with Crippen molar-refractivity contribution in [3.63, 3.8) is 0 Å². The van der Waals surface area contributed by atoms with Crippen LogP contribution in [0.5, 0.6) is 5.75 Å². The fourth-order valence-electron chi connectivity index (χ4n) is 2.08. The molecule has 1 aromatic rings. The van der Waals surface area contributed by atoms with E-state index in [1.54, 1.807) is 25.1 Å². The highest BCUT2D eigenvalue weighted by molar-refractivity contribution is 14.1. The number of carboxylic acids is 1. The van der Waals surface area contributed by atoms with Crippen molar-refractivity contribution in [2.24, 2.45) is 0 Å². The fourth-order valence-corrected chi connectivity index (χ4v) is 2.78. The quantitative estimate of drug-likeness (QED) is 0.264. The van der Waals surface area contributed by atoms with Crippen molar-refractivity contribution in [3.8, 4) is 5.75 Å². The summed E-state index contributed by atoms with van der Waals surface area (Å²) in [6.45, 7) is 1.04. The van der Waals surface area contributed by atoms with Crippen LogP contribution in [-0.2, 0) is 19.1 Å². The van der Waals surface area contributed by atoms with Gasteiger partial charge in [0.05, 0.1) is 10.2 Å². The zero-order valence-corrected chi connectivity index (χ0v) is 15.8. The summed E-state index contributed by atoms with van der Waals surface area (Å²) < 4.78 is 10.8. The smallest absolute Gasteiger partial charge is 0.344 e. The minimum absolute atomic E-state index is 0.0211. The van der Waals surface area contributed by atoms with Crippen molar-refractivity contribution in [3.05, 3.63) is 33.0 Å². The molecule has 0 radical (unpaired) electrons. The van der Waals surface area contributed by atoms with Gasteiger partial charge in [-0.15, -0.1) is 0 Å². The van der Waals surface area contributed by atoms with Gasteiger partial charge in [-0.3, -0.25) is 9.59 Å². The fraction of sp³-hybridized carbons (Fsp3) is 0.250. The number of carbonyl (C=O) groups excluding carboxylic acids is 3. The predicted octanol–water partition coefficient (Wildman–Crippen LogP) is 1.21. The van der Waals surface area contributed by atoms with Crippen LogP contribution >= 0.6 is 22.6 Å². The average Bonchev–Trinajstić information content (AvgIpc) is 2.81. The number of carboxylic acid groups (broad SMARTS) is 1. The maximum absolute atomic E-state index is 12.1. The molecule has 1 heterocycles. The first-order chi connectivity index (χ1) is 12.3. The number of halogens is 1. The van der Waals surface area contributed by atoms with Crippen LogP contribution in [0.3, 0.4) is 0 Å². The number of benzene rings is 1. The topological polar surface area (TPSA) is 122 Å². The maximum atomic E-state index is 12.1. The molecule has 1 aliphatic rings. The molecule has 1 saturated heterocycles. The maximum Gasteiger partial charge on any atom is 0.344 e. The summed E-state index contributed by atoms with van der Waals surface area (Å²) in [6.07, 6.45) is 1.43. The zero-order chi connectivity index (χ0) is 19.3. The molecule has 1 fully saturated rings. The Morgan fingerprint density at radius 3 is 2.69 bits per heavy atom. The molecular formula is C16H15IN2O7. The van der Waals surface area contributed by atoms with Crippen LogP contribution in [0.2, 0.25) is 0 Å². The molecule has 0 bridgehead atoms. The van der Waals surface area contributed by atoms with E-state index in [0.29, 0.717) is 19.8 Å². The van der Waals surface area contributed by atoms with E-state index >= 15 is 0 Å². The Hall–Kier alpha value is -2.63. The molecule has 0 spiro atoms. The predicted molar refractivity (Wildman–Crippen MR) is 97.1 cm³/mol. The third-order valence-corrected chi connectivity index (χ3v) is 4.02. The van der Waals surface area contributed by atoms with Crippen LogP contribution < -0.4 is 10.1 Å². The monoisotopic (exact) mass is 474 g/mol. The van der Waals surface area contributed by atoms with Crippen LogP contribution in [0, 0.1) is 3.57 Å². The molecule has 1 aliphatic heterocycles. The summed E-state index contributed by atoms with van der Waals surface area (Å²) in [5.41, 5.74) is 0.575. The van der Waals surface area contributed by atoms with Gasteiger partial charge in [-0.1, -0.05) is 6.07 Å². The van der Waals surface area contributed by atoms with Crippen molar-refractivity contribution in [2.75, 3.05) is 19.8 Å². The number of imide groups is 1. The van der Waals surface area contributed by atoms with Gasteiger partial charge in [0.25, 0.3) is 5.91 Å². The molecular weight excluding hydrogens is 459 g/mol. The molecule has 9 nitrogen and oxygen atoms in total. The van der Waals surface area contributed by atoms with Crippen molar-refractivity contribution < 1.29 is 33.8 Å². The van der Waals surface area contributed by atoms with Crippen LogP contribution in [0.25, 0.3) is 6.08 Å². The molecule has 0 unspecified atom stereocenters. The van der Waals surface area contributed by atoms with Crippen LogP contribution in [0.15, 0.2) is 23.9 Å². The highest BCUT2D eigenvalue weighted by Crippen LogP contribution is 2.24. The molecule has 0 aliphatic carbocycles. The van der Waals surface area contributed by atoms with Crippen molar-refractivity contribution in [1.82, 2.24) is 10.2 Å². The Balaban J connectivity index is 2.10. The van der Waals surface area contributed by atoms with Gasteiger partial charge < -0.3 is 19.9 Å². The Labute approximate surface area is 162 Å². The molecule has 2 N–H and O–H groups in total. The first-order valence-electron chi connectivity index (χ1n) is 7.46.